The molecular formula is C11H17N3O4S. The van der Waals surface area contributed by atoms with Crippen molar-refractivity contribution in [1.82, 2.24) is 14.5 Å². The van der Waals surface area contributed by atoms with Gasteiger partial charge in [0, 0.05) is 18.8 Å². The molecule has 106 valence electrons. The van der Waals surface area contributed by atoms with Gasteiger partial charge in [-0.1, -0.05) is 6.92 Å². The molecule has 1 aromatic heterocycles. The number of carbonyl (C=O) groups is 1. The number of sulfonamides is 1. The molecule has 0 amide bonds. The molecule has 0 aromatic carbocycles. The molecule has 1 atom stereocenters. The summed E-state index contributed by atoms with van der Waals surface area (Å²) in [6.45, 7) is 4.30. The Balaban J connectivity index is 2.42. The summed E-state index contributed by atoms with van der Waals surface area (Å²) < 4.78 is 26.2. The zero-order chi connectivity index (χ0) is 14.2. The topological polar surface area (TPSA) is 103 Å². The van der Waals surface area contributed by atoms with Gasteiger partial charge in [0.2, 0.25) is 5.03 Å². The van der Waals surface area contributed by atoms with E-state index in [1.807, 2.05) is 6.92 Å². The maximum Gasteiger partial charge on any atom is 0.340 e. The van der Waals surface area contributed by atoms with Gasteiger partial charge in [-0.15, -0.1) is 0 Å². The van der Waals surface area contributed by atoms with Crippen LogP contribution in [0.1, 0.15) is 35.8 Å². The van der Waals surface area contributed by atoms with E-state index in [1.165, 1.54) is 11.2 Å². The van der Waals surface area contributed by atoms with E-state index in [2.05, 4.69) is 10.2 Å². The lowest BCUT2D eigenvalue weighted by Gasteiger charge is -2.29. The minimum atomic E-state index is -3.84. The summed E-state index contributed by atoms with van der Waals surface area (Å²) >= 11 is 0. The van der Waals surface area contributed by atoms with Gasteiger partial charge in [0.25, 0.3) is 10.0 Å². The summed E-state index contributed by atoms with van der Waals surface area (Å²) in [6, 6.07) is 0. The molecule has 1 aromatic rings. The number of H-pyrrole nitrogens is 1. The van der Waals surface area contributed by atoms with E-state index >= 15 is 0 Å². The van der Waals surface area contributed by atoms with Crippen molar-refractivity contribution >= 4 is 16.0 Å². The Bertz CT molecular complexity index is 593. The molecule has 2 N–H and O–H groups in total. The number of aromatic carboxylic acids is 1. The molecule has 1 fully saturated rings. The van der Waals surface area contributed by atoms with Crippen LogP contribution in [0.2, 0.25) is 0 Å². The summed E-state index contributed by atoms with van der Waals surface area (Å²) in [5.41, 5.74) is -0.0191. The Kier molecular flexibility index (Phi) is 3.64. The third-order valence-electron chi connectivity index (χ3n) is 3.33. The Hall–Kier alpha value is -1.41. The third-order valence-corrected chi connectivity index (χ3v) is 5.13. The molecule has 0 bridgehead atoms. The number of hydrogen-bond donors (Lipinski definition) is 2. The van der Waals surface area contributed by atoms with E-state index in [0.29, 0.717) is 13.1 Å². The van der Waals surface area contributed by atoms with E-state index < -0.39 is 16.0 Å². The zero-order valence-electron chi connectivity index (χ0n) is 10.9. The fraction of sp³-hybridized carbons (Fsp3) is 0.636. The number of aromatic amines is 1. The lowest BCUT2D eigenvalue weighted by atomic mass is 10.0. The van der Waals surface area contributed by atoms with Crippen molar-refractivity contribution in [2.75, 3.05) is 13.1 Å². The molecule has 0 radical (unpaired) electrons. The van der Waals surface area contributed by atoms with E-state index in [1.54, 1.807) is 0 Å². The third kappa shape index (κ3) is 2.50. The summed E-state index contributed by atoms with van der Waals surface area (Å²) in [5.74, 6) is -1.01. The predicted octanol–water partition coefficient (Wildman–Crippen LogP) is 0.837. The fourth-order valence-corrected chi connectivity index (χ4v) is 4.06. The molecule has 19 heavy (non-hydrogen) atoms. The maximum absolute atomic E-state index is 12.5. The van der Waals surface area contributed by atoms with Crippen LogP contribution in [0.5, 0.6) is 0 Å². The maximum atomic E-state index is 12.5. The van der Waals surface area contributed by atoms with E-state index in [-0.39, 0.29) is 22.2 Å². The normalized spacial score (nSPS) is 21.5. The number of aryl methyl sites for hydroxylation is 1. The Morgan fingerprint density at radius 2 is 2.21 bits per heavy atom. The Morgan fingerprint density at radius 3 is 2.79 bits per heavy atom. The lowest BCUT2D eigenvalue weighted by Crippen LogP contribution is -2.39. The second-order valence-electron chi connectivity index (χ2n) is 4.94. The molecule has 7 nitrogen and oxygen atoms in total. The highest BCUT2D eigenvalue weighted by Crippen LogP contribution is 2.25. The van der Waals surface area contributed by atoms with Gasteiger partial charge in [-0.3, -0.25) is 5.10 Å². The van der Waals surface area contributed by atoms with Crippen LogP contribution in [0, 0.1) is 12.8 Å². The highest BCUT2D eigenvalue weighted by atomic mass is 32.2. The molecule has 1 aliphatic rings. The van der Waals surface area contributed by atoms with Gasteiger partial charge < -0.3 is 5.11 Å². The van der Waals surface area contributed by atoms with Crippen molar-refractivity contribution < 1.29 is 18.3 Å². The summed E-state index contributed by atoms with van der Waals surface area (Å²) in [5, 5.41) is 14.8. The van der Waals surface area contributed by atoms with Crippen molar-refractivity contribution in [3.8, 4) is 0 Å². The van der Waals surface area contributed by atoms with Crippen LogP contribution < -0.4 is 0 Å². The SMILES string of the molecule is Cc1[nH]nc(S(=O)(=O)N2CCCC(C)C2)c1C(=O)O. The molecular weight excluding hydrogens is 270 g/mol. The number of carboxylic acid groups (broad SMARTS) is 1. The van der Waals surface area contributed by atoms with E-state index in [0.717, 1.165) is 12.8 Å². The van der Waals surface area contributed by atoms with Gasteiger partial charge >= 0.3 is 5.97 Å². The fourth-order valence-electron chi connectivity index (χ4n) is 2.33. The number of nitrogens with one attached hydrogen (secondary N) is 1. The van der Waals surface area contributed by atoms with Gasteiger partial charge in [-0.25, -0.2) is 13.2 Å². The Morgan fingerprint density at radius 1 is 1.53 bits per heavy atom. The van der Waals surface area contributed by atoms with Crippen molar-refractivity contribution in [2.24, 2.45) is 5.92 Å². The van der Waals surface area contributed by atoms with Gasteiger partial charge in [0.1, 0.15) is 5.56 Å². The highest BCUT2D eigenvalue weighted by molar-refractivity contribution is 7.89. The zero-order valence-corrected chi connectivity index (χ0v) is 11.7. The largest absolute Gasteiger partial charge is 0.478 e. The monoisotopic (exact) mass is 287 g/mol. The number of carboxylic acids is 1. The molecule has 0 saturated carbocycles. The van der Waals surface area contributed by atoms with Crippen molar-refractivity contribution in [3.63, 3.8) is 0 Å². The highest BCUT2D eigenvalue weighted by Gasteiger charge is 2.35. The molecule has 0 aliphatic carbocycles. The second kappa shape index (κ2) is 4.93. The Labute approximate surface area is 111 Å². The quantitative estimate of drug-likeness (QED) is 0.857. The number of hydrogen-bond acceptors (Lipinski definition) is 4. The first kappa shape index (κ1) is 14.0. The number of piperidine rings is 1. The smallest absolute Gasteiger partial charge is 0.340 e. The van der Waals surface area contributed by atoms with Gasteiger partial charge in [-0.05, 0) is 25.7 Å². The van der Waals surface area contributed by atoms with Crippen LogP contribution in [0.15, 0.2) is 5.03 Å². The average molecular weight is 287 g/mol. The van der Waals surface area contributed by atoms with Crippen LogP contribution in [0.25, 0.3) is 0 Å². The molecule has 1 saturated heterocycles. The number of nitrogens with zero attached hydrogens (tertiary/aromatic N) is 2. The van der Waals surface area contributed by atoms with Gasteiger partial charge in [0.15, 0.2) is 0 Å². The lowest BCUT2D eigenvalue weighted by molar-refractivity contribution is 0.0691. The van der Waals surface area contributed by atoms with E-state index in [9.17, 15) is 13.2 Å². The molecule has 1 unspecified atom stereocenters. The predicted molar refractivity (Wildman–Crippen MR) is 67.4 cm³/mol. The van der Waals surface area contributed by atoms with Crippen LogP contribution in [-0.2, 0) is 10.0 Å². The van der Waals surface area contributed by atoms with E-state index in [4.69, 9.17) is 5.11 Å². The molecule has 2 rings (SSSR count). The first-order valence-corrected chi connectivity index (χ1v) is 7.56. The summed E-state index contributed by atoms with van der Waals surface area (Å²) in [4.78, 5) is 11.2. The first-order valence-electron chi connectivity index (χ1n) is 6.12. The molecule has 1 aliphatic heterocycles. The van der Waals surface area contributed by atoms with Crippen molar-refractivity contribution in [2.45, 2.75) is 31.7 Å². The van der Waals surface area contributed by atoms with Crippen LogP contribution in [0.3, 0.4) is 0 Å². The minimum absolute atomic E-state index is 0.246. The first-order chi connectivity index (χ1) is 8.84. The summed E-state index contributed by atoms with van der Waals surface area (Å²) in [6.07, 6.45) is 1.77. The molecule has 8 heteroatoms. The number of rotatable bonds is 3. The van der Waals surface area contributed by atoms with Crippen LogP contribution in [-0.4, -0.2) is 47.1 Å². The van der Waals surface area contributed by atoms with Gasteiger partial charge in [0.05, 0.1) is 0 Å². The van der Waals surface area contributed by atoms with Crippen molar-refractivity contribution in [3.05, 3.63) is 11.3 Å². The minimum Gasteiger partial charge on any atom is -0.478 e. The number of aromatic nitrogens is 2. The standard InChI is InChI=1S/C11H17N3O4S/c1-7-4-3-5-14(6-7)19(17,18)10-9(11(15)16)8(2)12-13-10/h7H,3-6H2,1-2H3,(H,12,13)(H,15,16). The van der Waals surface area contributed by atoms with Crippen LogP contribution in [0.4, 0.5) is 0 Å². The molecule has 2 heterocycles. The average Bonchev–Trinajstić information content (AvgIpc) is 2.72. The molecule has 0 spiro atoms. The van der Waals surface area contributed by atoms with Crippen molar-refractivity contribution in [1.29, 1.82) is 0 Å². The van der Waals surface area contributed by atoms with Gasteiger partial charge in [-0.2, -0.15) is 9.40 Å². The van der Waals surface area contributed by atoms with Crippen LogP contribution >= 0.6 is 0 Å². The summed E-state index contributed by atoms with van der Waals surface area (Å²) in [7, 11) is -3.84. The second-order valence-corrected chi connectivity index (χ2v) is 6.80.